The molecule has 0 unspecified atom stereocenters. The topological polar surface area (TPSA) is 43.6 Å². The van der Waals surface area contributed by atoms with Crippen molar-refractivity contribution in [3.63, 3.8) is 0 Å². The van der Waals surface area contributed by atoms with E-state index in [-0.39, 0.29) is 5.41 Å². The number of pyridine rings is 1. The third-order valence-electron chi connectivity index (χ3n) is 9.01. The molecular formula is C38H26N4. The van der Waals surface area contributed by atoms with Gasteiger partial charge < -0.3 is 0 Å². The van der Waals surface area contributed by atoms with E-state index in [9.17, 15) is 0 Å². The molecule has 0 amide bonds. The molecule has 3 heterocycles. The Labute approximate surface area is 242 Å². The maximum absolute atomic E-state index is 5.39. The van der Waals surface area contributed by atoms with Gasteiger partial charge in [-0.15, -0.1) is 0 Å². The van der Waals surface area contributed by atoms with Crippen LogP contribution in [0.4, 0.5) is 0 Å². The zero-order valence-electron chi connectivity index (χ0n) is 23.3. The maximum Gasteiger partial charge on any atom is 0.168 e. The second kappa shape index (κ2) is 8.34. The Kier molecular flexibility index (Phi) is 4.64. The Morgan fingerprint density at radius 3 is 2.24 bits per heavy atom. The first kappa shape index (κ1) is 23.4. The van der Waals surface area contributed by atoms with E-state index in [1.54, 1.807) is 0 Å². The van der Waals surface area contributed by atoms with Crippen LogP contribution in [0, 0.1) is 0 Å². The van der Waals surface area contributed by atoms with Crippen molar-refractivity contribution < 1.29 is 0 Å². The zero-order chi connectivity index (χ0) is 28.0. The first-order chi connectivity index (χ1) is 20.6. The summed E-state index contributed by atoms with van der Waals surface area (Å²) < 4.78 is 2.28. The fourth-order valence-electron chi connectivity index (χ4n) is 7.15. The van der Waals surface area contributed by atoms with Crippen LogP contribution in [0.2, 0.25) is 0 Å². The van der Waals surface area contributed by atoms with Gasteiger partial charge in [0, 0.05) is 27.9 Å². The number of aromatic nitrogens is 4. The number of benzene rings is 5. The maximum atomic E-state index is 5.39. The minimum atomic E-state index is -0.179. The lowest BCUT2D eigenvalue weighted by molar-refractivity contribution is 0.661. The van der Waals surface area contributed by atoms with E-state index in [2.05, 4.69) is 122 Å². The molecule has 0 atom stereocenters. The lowest BCUT2D eigenvalue weighted by Gasteiger charge is -2.24. The molecule has 198 valence electrons. The van der Waals surface area contributed by atoms with Crippen molar-refractivity contribution in [2.24, 2.45) is 0 Å². The molecule has 42 heavy (non-hydrogen) atoms. The van der Waals surface area contributed by atoms with E-state index >= 15 is 0 Å². The van der Waals surface area contributed by atoms with Crippen molar-refractivity contribution in [3.05, 3.63) is 133 Å². The number of hydrogen-bond donors (Lipinski definition) is 0. The highest BCUT2D eigenvalue weighted by molar-refractivity contribution is 6.14. The Morgan fingerprint density at radius 2 is 1.33 bits per heavy atom. The molecule has 0 saturated heterocycles. The highest BCUT2D eigenvalue weighted by Crippen LogP contribution is 2.51. The van der Waals surface area contributed by atoms with Crippen LogP contribution in [-0.2, 0) is 5.41 Å². The van der Waals surface area contributed by atoms with Gasteiger partial charge in [-0.05, 0) is 63.4 Å². The number of nitrogens with zero attached hydrogens (tertiary/aromatic N) is 4. The number of rotatable bonds is 2. The van der Waals surface area contributed by atoms with Gasteiger partial charge >= 0.3 is 0 Å². The van der Waals surface area contributed by atoms with Crippen LogP contribution in [0.5, 0.6) is 0 Å². The van der Waals surface area contributed by atoms with E-state index in [0.717, 1.165) is 39.3 Å². The molecule has 0 spiro atoms. The molecule has 1 aliphatic rings. The van der Waals surface area contributed by atoms with Gasteiger partial charge in [0.05, 0.1) is 16.6 Å². The van der Waals surface area contributed by atoms with Crippen molar-refractivity contribution in [1.82, 2.24) is 19.5 Å². The molecule has 9 rings (SSSR count). The van der Waals surface area contributed by atoms with Gasteiger partial charge in [-0.1, -0.05) is 98.8 Å². The number of hydrogen-bond acceptors (Lipinski definition) is 3. The first-order valence-electron chi connectivity index (χ1n) is 14.4. The lowest BCUT2D eigenvalue weighted by atomic mass is 9.80. The molecule has 4 nitrogen and oxygen atoms in total. The van der Waals surface area contributed by atoms with Crippen molar-refractivity contribution in [1.29, 1.82) is 0 Å². The largest absolute Gasteiger partial charge is 0.292 e. The van der Waals surface area contributed by atoms with E-state index in [1.807, 2.05) is 18.3 Å². The van der Waals surface area contributed by atoms with Gasteiger partial charge in [-0.3, -0.25) is 9.55 Å². The summed E-state index contributed by atoms with van der Waals surface area (Å²) in [6, 6.07) is 41.0. The van der Waals surface area contributed by atoms with Crippen LogP contribution in [0.25, 0.3) is 71.9 Å². The van der Waals surface area contributed by atoms with Crippen molar-refractivity contribution in [2.75, 3.05) is 0 Å². The van der Waals surface area contributed by atoms with Crippen LogP contribution in [0.15, 0.2) is 121 Å². The molecule has 0 saturated carbocycles. The molecule has 4 heteroatoms. The molecule has 0 radical (unpaired) electrons. The molecule has 8 aromatic rings. The SMILES string of the molecule is CC1(C)c2ccccc2-c2cccc(-c3nc(-n4c5ccccc5c5cc6ccccc6cc54)c4ncccc4n3)c21. The molecular weight excluding hydrogens is 512 g/mol. The van der Waals surface area contributed by atoms with Crippen LogP contribution in [-0.4, -0.2) is 19.5 Å². The third-order valence-corrected chi connectivity index (χ3v) is 9.01. The predicted octanol–water partition coefficient (Wildman–Crippen LogP) is 9.25. The fourth-order valence-corrected chi connectivity index (χ4v) is 7.15. The normalized spacial score (nSPS) is 13.7. The van der Waals surface area contributed by atoms with Crippen LogP contribution >= 0.6 is 0 Å². The highest BCUT2D eigenvalue weighted by Gasteiger charge is 2.38. The standard InChI is InChI=1S/C38H26N4/c1-38(2)30-17-7-5-13-25(30)27-15-9-16-28(34(27)38)36-40-31-18-10-20-39-35(31)37(41-36)42-32-19-8-6-14-26(32)29-21-23-11-3-4-12-24(23)22-33(29)42/h3-22H,1-2H3. The zero-order valence-corrected chi connectivity index (χ0v) is 23.3. The molecule has 0 bridgehead atoms. The van der Waals surface area contributed by atoms with Crippen LogP contribution in [0.1, 0.15) is 25.0 Å². The Morgan fingerprint density at radius 1 is 0.595 bits per heavy atom. The fraction of sp³-hybridized carbons (Fsp3) is 0.0789. The second-order valence-corrected chi connectivity index (χ2v) is 11.7. The molecule has 5 aromatic carbocycles. The molecule has 0 aliphatic heterocycles. The second-order valence-electron chi connectivity index (χ2n) is 11.7. The summed E-state index contributed by atoms with van der Waals surface area (Å²) in [4.78, 5) is 15.4. The molecule has 0 N–H and O–H groups in total. The minimum absolute atomic E-state index is 0.179. The Balaban J connectivity index is 1.39. The van der Waals surface area contributed by atoms with Gasteiger partial charge in [-0.25, -0.2) is 9.97 Å². The summed E-state index contributed by atoms with van der Waals surface area (Å²) in [6.07, 6.45) is 1.83. The summed E-state index contributed by atoms with van der Waals surface area (Å²) >= 11 is 0. The Hall–Kier alpha value is -5.35. The lowest BCUT2D eigenvalue weighted by Crippen LogP contribution is -2.17. The monoisotopic (exact) mass is 538 g/mol. The summed E-state index contributed by atoms with van der Waals surface area (Å²) in [5.74, 6) is 1.51. The van der Waals surface area contributed by atoms with E-state index < -0.39 is 0 Å². The van der Waals surface area contributed by atoms with E-state index in [4.69, 9.17) is 15.0 Å². The predicted molar refractivity (Wildman–Crippen MR) is 172 cm³/mol. The number of para-hydroxylation sites is 1. The molecule has 0 fully saturated rings. The highest BCUT2D eigenvalue weighted by atomic mass is 15.1. The quantitative estimate of drug-likeness (QED) is 0.220. The number of fused-ring (bicyclic) bond motifs is 8. The molecule has 1 aliphatic carbocycles. The average molecular weight is 539 g/mol. The van der Waals surface area contributed by atoms with Gasteiger partial charge in [0.1, 0.15) is 5.52 Å². The van der Waals surface area contributed by atoms with Crippen molar-refractivity contribution in [2.45, 2.75) is 19.3 Å². The summed E-state index contributed by atoms with van der Waals surface area (Å²) in [5.41, 5.74) is 9.86. The Bertz CT molecular complexity index is 2400. The van der Waals surface area contributed by atoms with Crippen LogP contribution in [0.3, 0.4) is 0 Å². The van der Waals surface area contributed by atoms with Crippen molar-refractivity contribution in [3.8, 4) is 28.3 Å². The average Bonchev–Trinajstić information content (AvgIpc) is 3.47. The van der Waals surface area contributed by atoms with E-state index in [1.165, 1.54) is 43.8 Å². The summed E-state index contributed by atoms with van der Waals surface area (Å²) in [7, 11) is 0. The minimum Gasteiger partial charge on any atom is -0.292 e. The third kappa shape index (κ3) is 3.09. The summed E-state index contributed by atoms with van der Waals surface area (Å²) in [6.45, 7) is 4.62. The first-order valence-corrected chi connectivity index (χ1v) is 14.4. The van der Waals surface area contributed by atoms with Gasteiger partial charge in [0.2, 0.25) is 0 Å². The smallest absolute Gasteiger partial charge is 0.168 e. The molecule has 3 aromatic heterocycles. The van der Waals surface area contributed by atoms with Gasteiger partial charge in [-0.2, -0.15) is 0 Å². The van der Waals surface area contributed by atoms with Crippen LogP contribution < -0.4 is 0 Å². The summed E-state index contributed by atoms with van der Waals surface area (Å²) in [5, 5.41) is 4.81. The van der Waals surface area contributed by atoms with Gasteiger partial charge in [0.25, 0.3) is 0 Å². The van der Waals surface area contributed by atoms with Gasteiger partial charge in [0.15, 0.2) is 11.6 Å². The van der Waals surface area contributed by atoms with Crippen molar-refractivity contribution >= 4 is 43.6 Å². The van der Waals surface area contributed by atoms with E-state index in [0.29, 0.717) is 0 Å².